The van der Waals surface area contributed by atoms with Gasteiger partial charge in [0.15, 0.2) is 0 Å². The molecule has 18 heavy (non-hydrogen) atoms. The smallest absolute Gasteiger partial charge is 0.131 e. The average molecular weight is 305 g/mol. The summed E-state index contributed by atoms with van der Waals surface area (Å²) in [6.45, 7) is 1.41. The molecule has 4 heteroatoms. The maximum atomic E-state index is 6.05. The van der Waals surface area contributed by atoms with Crippen LogP contribution in [0.15, 0.2) is 34.8 Å². The number of ether oxygens (including phenoxy) is 1. The molecule has 3 nitrogen and oxygen atoms in total. The van der Waals surface area contributed by atoms with E-state index in [-0.39, 0.29) is 0 Å². The van der Waals surface area contributed by atoms with E-state index in [1.165, 1.54) is 5.57 Å². The summed E-state index contributed by atoms with van der Waals surface area (Å²) in [5.41, 5.74) is 9.24. The molecule has 1 aromatic carbocycles. The van der Waals surface area contributed by atoms with Crippen LogP contribution in [0.2, 0.25) is 0 Å². The number of aromatic nitrogens is 1. The lowest BCUT2D eigenvalue weighted by atomic mass is 10.0. The topological polar surface area (TPSA) is 48.1 Å². The first-order chi connectivity index (χ1) is 8.74. The molecule has 0 spiro atoms. The van der Waals surface area contributed by atoms with Gasteiger partial charge in [0.1, 0.15) is 5.82 Å². The summed E-state index contributed by atoms with van der Waals surface area (Å²) >= 11 is 3.48. The average Bonchev–Trinajstić information content (AvgIpc) is 2.39. The summed E-state index contributed by atoms with van der Waals surface area (Å²) in [6.07, 6.45) is 2.98. The van der Waals surface area contributed by atoms with Gasteiger partial charge < -0.3 is 10.5 Å². The minimum atomic E-state index is 0.595. The van der Waals surface area contributed by atoms with E-state index in [9.17, 15) is 0 Å². The molecule has 1 aliphatic heterocycles. The molecule has 0 aliphatic carbocycles. The van der Waals surface area contributed by atoms with Crippen LogP contribution in [0.4, 0.5) is 5.82 Å². The fourth-order valence-corrected chi connectivity index (χ4v) is 2.57. The van der Waals surface area contributed by atoms with E-state index >= 15 is 0 Å². The van der Waals surface area contributed by atoms with E-state index in [0.29, 0.717) is 12.4 Å². The van der Waals surface area contributed by atoms with E-state index < -0.39 is 0 Å². The molecular weight excluding hydrogens is 292 g/mol. The second-order valence-corrected chi connectivity index (χ2v) is 5.23. The van der Waals surface area contributed by atoms with Crippen molar-refractivity contribution in [2.45, 2.75) is 6.42 Å². The Kier molecular flexibility index (Phi) is 3.06. The Morgan fingerprint density at radius 2 is 2.17 bits per heavy atom. The Bertz CT molecular complexity index is 637. The third-order valence-electron chi connectivity index (χ3n) is 3.12. The van der Waals surface area contributed by atoms with Crippen molar-refractivity contribution in [1.82, 2.24) is 4.98 Å². The summed E-state index contributed by atoms with van der Waals surface area (Å²) < 4.78 is 6.37. The van der Waals surface area contributed by atoms with Gasteiger partial charge in [-0.05, 0) is 36.3 Å². The second-order valence-electron chi connectivity index (χ2n) is 4.31. The number of hydrogen-bond donors (Lipinski definition) is 1. The molecule has 2 N–H and O–H groups in total. The zero-order valence-electron chi connectivity index (χ0n) is 9.82. The van der Waals surface area contributed by atoms with E-state index in [2.05, 4.69) is 39.1 Å². The molecule has 2 heterocycles. The second kappa shape index (κ2) is 4.71. The van der Waals surface area contributed by atoms with E-state index in [4.69, 9.17) is 10.5 Å². The molecule has 0 atom stereocenters. The van der Waals surface area contributed by atoms with Crippen LogP contribution in [-0.4, -0.2) is 18.2 Å². The van der Waals surface area contributed by atoms with E-state index in [1.54, 1.807) is 0 Å². The third kappa shape index (κ3) is 2.13. The number of fused-ring (bicyclic) bond motifs is 1. The van der Waals surface area contributed by atoms with Crippen molar-refractivity contribution in [2.75, 3.05) is 18.9 Å². The summed E-state index contributed by atoms with van der Waals surface area (Å²) in [5, 5.41) is 1.10. The summed E-state index contributed by atoms with van der Waals surface area (Å²) in [5.74, 6) is 0.595. The number of rotatable bonds is 1. The molecule has 0 fully saturated rings. The fourth-order valence-electron chi connectivity index (χ4n) is 2.19. The quantitative estimate of drug-likeness (QED) is 0.878. The largest absolute Gasteiger partial charge is 0.383 e. The van der Waals surface area contributed by atoms with Gasteiger partial charge in [-0.1, -0.05) is 22.0 Å². The first-order valence-corrected chi connectivity index (χ1v) is 6.66. The molecule has 1 aromatic heterocycles. The zero-order valence-corrected chi connectivity index (χ0v) is 11.4. The van der Waals surface area contributed by atoms with Crippen molar-refractivity contribution in [2.24, 2.45) is 0 Å². The van der Waals surface area contributed by atoms with Gasteiger partial charge in [0.05, 0.1) is 18.7 Å². The number of halogens is 1. The molecule has 0 radical (unpaired) electrons. The highest BCUT2D eigenvalue weighted by atomic mass is 79.9. The highest BCUT2D eigenvalue weighted by Crippen LogP contribution is 2.29. The predicted octanol–water partition coefficient (Wildman–Crippen LogP) is 3.38. The van der Waals surface area contributed by atoms with Gasteiger partial charge in [0, 0.05) is 15.4 Å². The van der Waals surface area contributed by atoms with Gasteiger partial charge in [0.2, 0.25) is 0 Å². The number of nitrogens with two attached hydrogens (primary N) is 1. The highest BCUT2D eigenvalue weighted by Gasteiger charge is 2.11. The van der Waals surface area contributed by atoms with Crippen molar-refractivity contribution in [3.05, 3.63) is 40.4 Å². The Hall–Kier alpha value is -1.39. The minimum absolute atomic E-state index is 0.595. The van der Waals surface area contributed by atoms with Crippen LogP contribution < -0.4 is 5.73 Å². The predicted molar refractivity (Wildman–Crippen MR) is 77.3 cm³/mol. The molecule has 92 valence electrons. The molecule has 1 aliphatic rings. The number of nitrogens with zero attached hydrogens (tertiary/aromatic N) is 1. The van der Waals surface area contributed by atoms with E-state index in [0.717, 1.165) is 34.0 Å². The minimum Gasteiger partial charge on any atom is -0.383 e. The SMILES string of the molecule is Nc1nc2ccc(Br)cc2cc1C1=CCOCC1. The lowest BCUT2D eigenvalue weighted by Gasteiger charge is -2.15. The Morgan fingerprint density at radius 1 is 1.28 bits per heavy atom. The standard InChI is InChI=1S/C14H13BrN2O/c15-11-1-2-13-10(7-11)8-12(14(16)17-13)9-3-5-18-6-4-9/h1-3,7-8H,4-6H2,(H2,16,17). The van der Waals surface area contributed by atoms with Crippen molar-refractivity contribution in [3.63, 3.8) is 0 Å². The number of anilines is 1. The van der Waals surface area contributed by atoms with Crippen LogP contribution in [-0.2, 0) is 4.74 Å². The molecule has 0 saturated carbocycles. The Labute approximate surface area is 114 Å². The van der Waals surface area contributed by atoms with Gasteiger partial charge in [-0.3, -0.25) is 0 Å². The monoisotopic (exact) mass is 304 g/mol. The zero-order chi connectivity index (χ0) is 12.5. The highest BCUT2D eigenvalue weighted by molar-refractivity contribution is 9.10. The summed E-state index contributed by atoms with van der Waals surface area (Å²) in [6, 6.07) is 8.12. The number of hydrogen-bond acceptors (Lipinski definition) is 3. The molecule has 0 unspecified atom stereocenters. The van der Waals surface area contributed by atoms with Crippen LogP contribution in [0, 0.1) is 0 Å². The van der Waals surface area contributed by atoms with Crippen LogP contribution in [0.1, 0.15) is 12.0 Å². The molecule has 0 amide bonds. The van der Waals surface area contributed by atoms with Gasteiger partial charge in [0.25, 0.3) is 0 Å². The molecule has 3 rings (SSSR count). The number of nitrogen functional groups attached to an aromatic ring is 1. The molecular formula is C14H13BrN2O. The van der Waals surface area contributed by atoms with Gasteiger partial charge in [-0.2, -0.15) is 0 Å². The fraction of sp³-hybridized carbons (Fsp3) is 0.214. The van der Waals surface area contributed by atoms with Crippen LogP contribution in [0.5, 0.6) is 0 Å². The summed E-state index contributed by atoms with van der Waals surface area (Å²) in [4.78, 5) is 4.47. The van der Waals surface area contributed by atoms with Crippen LogP contribution in [0.25, 0.3) is 16.5 Å². The van der Waals surface area contributed by atoms with Gasteiger partial charge >= 0.3 is 0 Å². The van der Waals surface area contributed by atoms with Gasteiger partial charge in [-0.25, -0.2) is 4.98 Å². The normalized spacial score (nSPS) is 15.7. The van der Waals surface area contributed by atoms with Crippen molar-refractivity contribution in [1.29, 1.82) is 0 Å². The number of benzene rings is 1. The first kappa shape index (κ1) is 11.7. The van der Waals surface area contributed by atoms with Crippen LogP contribution in [0.3, 0.4) is 0 Å². The molecule has 0 bridgehead atoms. The summed E-state index contributed by atoms with van der Waals surface area (Å²) in [7, 11) is 0. The Balaban J connectivity index is 2.16. The lowest BCUT2D eigenvalue weighted by molar-refractivity contribution is 0.161. The van der Waals surface area contributed by atoms with E-state index in [1.807, 2.05) is 12.1 Å². The van der Waals surface area contributed by atoms with Crippen molar-refractivity contribution >= 4 is 38.2 Å². The maximum Gasteiger partial charge on any atom is 0.131 e. The molecule has 2 aromatic rings. The first-order valence-electron chi connectivity index (χ1n) is 5.87. The van der Waals surface area contributed by atoms with Gasteiger partial charge in [-0.15, -0.1) is 0 Å². The van der Waals surface area contributed by atoms with Crippen molar-refractivity contribution in [3.8, 4) is 0 Å². The van der Waals surface area contributed by atoms with Crippen LogP contribution >= 0.6 is 15.9 Å². The molecule has 0 saturated heterocycles. The number of pyridine rings is 1. The lowest BCUT2D eigenvalue weighted by Crippen LogP contribution is -2.06. The Morgan fingerprint density at radius 3 is 2.94 bits per heavy atom. The maximum absolute atomic E-state index is 6.05. The third-order valence-corrected chi connectivity index (χ3v) is 3.61. The van der Waals surface area contributed by atoms with Crippen molar-refractivity contribution < 1.29 is 4.74 Å².